The molecule has 0 amide bonds. The van der Waals surface area contributed by atoms with Crippen LogP contribution in [0.5, 0.6) is 5.75 Å². The molecule has 1 aliphatic carbocycles. The van der Waals surface area contributed by atoms with Crippen LogP contribution in [0.3, 0.4) is 0 Å². The quantitative estimate of drug-likeness (QED) is 0.284. The number of hydrogen-bond donors (Lipinski definition) is 0. The molecule has 0 unspecified atom stereocenters. The van der Waals surface area contributed by atoms with Gasteiger partial charge in [-0.3, -0.25) is 6.08 Å². The van der Waals surface area contributed by atoms with E-state index in [-0.39, 0.29) is 0 Å². The van der Waals surface area contributed by atoms with Crippen molar-refractivity contribution in [3.8, 4) is 5.75 Å². The predicted molar refractivity (Wildman–Crippen MR) is 98.2 cm³/mol. The molecule has 0 bridgehead atoms. The molecule has 0 heterocycles. The van der Waals surface area contributed by atoms with Crippen molar-refractivity contribution in [2.24, 2.45) is 0 Å². The minimum Gasteiger partial charge on any atom is -0.273 e. The second-order valence-corrected chi connectivity index (χ2v) is 7.08. The molecule has 0 radical (unpaired) electrons. The van der Waals surface area contributed by atoms with E-state index in [1.54, 1.807) is 6.26 Å². The first kappa shape index (κ1) is 21.6. The summed E-state index contributed by atoms with van der Waals surface area (Å²) in [6, 6.07) is 9.76. The van der Waals surface area contributed by atoms with Crippen molar-refractivity contribution in [3.05, 3.63) is 78.1 Å². The molecule has 0 saturated heterocycles. The SMILES string of the molecule is CC(C)=CC(C)=COc1ccccc1.C[C](C)=[Ti+].[C-]1=CC=CC1. The zero-order chi connectivity index (χ0) is 17.5. The Morgan fingerprint density at radius 2 is 1.70 bits per heavy atom. The van der Waals surface area contributed by atoms with Crippen LogP contribution in [0.2, 0.25) is 0 Å². The van der Waals surface area contributed by atoms with Crippen LogP contribution in [0, 0.1) is 6.08 Å². The van der Waals surface area contributed by atoms with Crippen molar-refractivity contribution in [1.29, 1.82) is 0 Å². The summed E-state index contributed by atoms with van der Waals surface area (Å²) in [6.45, 7) is 10.3. The Balaban J connectivity index is 0.000000438. The number of hydrogen-bond acceptors (Lipinski definition) is 1. The number of para-hydroxylation sites is 1. The Labute approximate surface area is 153 Å². The fourth-order valence-electron chi connectivity index (χ4n) is 1.49. The smallest absolute Gasteiger partial charge is 0.109 e. The average Bonchev–Trinajstić information content (AvgIpc) is 3.04. The van der Waals surface area contributed by atoms with E-state index in [0.29, 0.717) is 0 Å². The number of allylic oxidation sites excluding steroid dienone is 7. The van der Waals surface area contributed by atoms with E-state index in [1.165, 1.54) is 9.38 Å². The number of benzene rings is 1. The Kier molecular flexibility index (Phi) is 13.3. The molecule has 0 atom stereocenters. The molecule has 1 nitrogen and oxygen atoms in total. The molecule has 1 aromatic rings. The second kappa shape index (κ2) is 14.2. The van der Waals surface area contributed by atoms with E-state index in [4.69, 9.17) is 4.74 Å². The number of rotatable bonds is 3. The van der Waals surface area contributed by atoms with E-state index < -0.39 is 0 Å². The third-order valence-electron chi connectivity index (χ3n) is 2.23. The van der Waals surface area contributed by atoms with Crippen molar-refractivity contribution in [2.45, 2.75) is 41.0 Å². The van der Waals surface area contributed by atoms with Gasteiger partial charge in [-0.2, -0.15) is 6.08 Å². The van der Waals surface area contributed by atoms with E-state index >= 15 is 0 Å². The zero-order valence-electron chi connectivity index (χ0n) is 14.9. The van der Waals surface area contributed by atoms with Crippen LogP contribution in [0.1, 0.15) is 41.0 Å². The molecule has 23 heavy (non-hydrogen) atoms. The van der Waals surface area contributed by atoms with Crippen LogP contribution < -0.4 is 4.74 Å². The average molecular weight is 343 g/mol. The van der Waals surface area contributed by atoms with Crippen LogP contribution in [0.15, 0.2) is 72.0 Å². The Hall–Kier alpha value is -1.44. The fourth-order valence-corrected chi connectivity index (χ4v) is 1.49. The molecule has 0 spiro atoms. The summed E-state index contributed by atoms with van der Waals surface area (Å²) in [5.74, 6) is 0.869. The van der Waals surface area contributed by atoms with Crippen LogP contribution in [-0.4, -0.2) is 3.81 Å². The normalized spacial score (nSPS) is 11.7. The molecule has 2 heteroatoms. The van der Waals surface area contributed by atoms with Crippen LogP contribution >= 0.6 is 0 Å². The molecule has 0 aromatic heterocycles. The molecular formula is C21H27OTi. The molecule has 121 valence electrons. The van der Waals surface area contributed by atoms with Crippen molar-refractivity contribution in [2.75, 3.05) is 0 Å². The molecular weight excluding hydrogens is 316 g/mol. The molecule has 0 N–H and O–H groups in total. The summed E-state index contributed by atoms with van der Waals surface area (Å²) >= 11 is 2.08. The fraction of sp³-hybridized carbons (Fsp3) is 0.286. The van der Waals surface area contributed by atoms with Gasteiger partial charge in [0.05, 0.1) is 6.26 Å². The summed E-state index contributed by atoms with van der Waals surface area (Å²) in [5.41, 5.74) is 2.39. The van der Waals surface area contributed by atoms with Crippen LogP contribution in [0.4, 0.5) is 0 Å². The summed E-state index contributed by atoms with van der Waals surface area (Å²) in [4.78, 5) is 0. The van der Waals surface area contributed by atoms with Gasteiger partial charge in [-0.15, -0.1) is 6.42 Å². The third-order valence-corrected chi connectivity index (χ3v) is 2.23. The Morgan fingerprint density at radius 3 is 2.09 bits per heavy atom. The molecule has 0 saturated carbocycles. The van der Waals surface area contributed by atoms with Gasteiger partial charge in [0.1, 0.15) is 5.75 Å². The first-order valence-electron chi connectivity index (χ1n) is 7.68. The topological polar surface area (TPSA) is 9.23 Å². The van der Waals surface area contributed by atoms with Crippen molar-refractivity contribution < 1.29 is 24.7 Å². The van der Waals surface area contributed by atoms with Gasteiger partial charge in [-0.25, -0.2) is 12.2 Å². The van der Waals surface area contributed by atoms with Gasteiger partial charge >= 0.3 is 37.6 Å². The molecule has 1 aromatic carbocycles. The van der Waals surface area contributed by atoms with E-state index in [1.807, 2.05) is 49.4 Å². The zero-order valence-corrected chi connectivity index (χ0v) is 16.5. The molecule has 1 aliphatic rings. The Bertz CT molecular complexity index is 545. The maximum Gasteiger partial charge on any atom is -0.109 e. The van der Waals surface area contributed by atoms with Gasteiger partial charge in [0, 0.05) is 0 Å². The van der Waals surface area contributed by atoms with Gasteiger partial charge in [-0.1, -0.05) is 29.8 Å². The van der Waals surface area contributed by atoms with Crippen molar-refractivity contribution in [3.63, 3.8) is 0 Å². The van der Waals surface area contributed by atoms with Crippen LogP contribution in [-0.2, 0) is 20.0 Å². The third kappa shape index (κ3) is 16.8. The van der Waals surface area contributed by atoms with Gasteiger partial charge in [0.15, 0.2) is 0 Å². The molecule has 0 fully saturated rings. The van der Waals surface area contributed by atoms with Gasteiger partial charge in [-0.05, 0) is 38.5 Å². The van der Waals surface area contributed by atoms with E-state index in [9.17, 15) is 0 Å². The number of ether oxygens (including phenoxy) is 1. The molecule has 0 aliphatic heterocycles. The second-order valence-electron chi connectivity index (χ2n) is 5.52. The van der Waals surface area contributed by atoms with Gasteiger partial charge < -0.3 is 4.74 Å². The van der Waals surface area contributed by atoms with Gasteiger partial charge in [0.25, 0.3) is 0 Å². The van der Waals surface area contributed by atoms with Gasteiger partial charge in [0.2, 0.25) is 0 Å². The summed E-state index contributed by atoms with van der Waals surface area (Å²) in [5, 5.41) is 0. The largest absolute Gasteiger partial charge is 0.273 e. The minimum atomic E-state index is 0.869. The van der Waals surface area contributed by atoms with E-state index in [2.05, 4.69) is 65.9 Å². The summed E-state index contributed by atoms with van der Waals surface area (Å²) in [7, 11) is 0. The monoisotopic (exact) mass is 343 g/mol. The van der Waals surface area contributed by atoms with Crippen molar-refractivity contribution in [1.82, 2.24) is 0 Å². The van der Waals surface area contributed by atoms with Crippen molar-refractivity contribution >= 4 is 3.81 Å². The first-order valence-corrected chi connectivity index (χ1v) is 8.46. The standard InChI is InChI=1S/C13H16O.C5H5.C3H6.Ti/c1-11(2)9-12(3)10-14-13-7-5-4-6-8-13;1-2-4-5-3-1;1-3-2;/h4-10H,1-3H3;1-3H,4H2;1-2H3;/q;-1;;+1. The summed E-state index contributed by atoms with van der Waals surface area (Å²) in [6.07, 6.45) is 13.9. The first-order chi connectivity index (χ1) is 10.9. The summed E-state index contributed by atoms with van der Waals surface area (Å²) < 4.78 is 6.88. The van der Waals surface area contributed by atoms with Crippen LogP contribution in [0.25, 0.3) is 0 Å². The molecule has 2 rings (SSSR count). The maximum absolute atomic E-state index is 5.46. The minimum absolute atomic E-state index is 0.869. The van der Waals surface area contributed by atoms with E-state index in [0.717, 1.165) is 17.7 Å². The predicted octanol–water partition coefficient (Wildman–Crippen LogP) is 5.99. The maximum atomic E-state index is 5.46. The Morgan fingerprint density at radius 1 is 1.09 bits per heavy atom.